The minimum Gasteiger partial charge on any atom is -0.395 e. The van der Waals surface area contributed by atoms with Gasteiger partial charge >= 0.3 is 6.18 Å². The second-order valence-corrected chi connectivity index (χ2v) is 3.29. The molecule has 0 heterocycles. The summed E-state index contributed by atoms with van der Waals surface area (Å²) in [6, 6.07) is 0. The van der Waals surface area contributed by atoms with Gasteiger partial charge in [0.25, 0.3) is 0 Å². The molecule has 3 nitrogen and oxygen atoms in total. The van der Waals surface area contributed by atoms with E-state index in [2.05, 4.69) is 0 Å². The SMILES string of the molecule is CN(CCO)CC(O)CCC(F)(F)F. The average molecular weight is 215 g/mol. The molecule has 14 heavy (non-hydrogen) atoms. The summed E-state index contributed by atoms with van der Waals surface area (Å²) >= 11 is 0. The van der Waals surface area contributed by atoms with E-state index in [-0.39, 0.29) is 19.6 Å². The highest BCUT2D eigenvalue weighted by Gasteiger charge is 2.27. The molecule has 86 valence electrons. The summed E-state index contributed by atoms with van der Waals surface area (Å²) < 4.78 is 35.2. The summed E-state index contributed by atoms with van der Waals surface area (Å²) in [5.41, 5.74) is 0. The number of hydrogen-bond acceptors (Lipinski definition) is 3. The number of nitrogens with zero attached hydrogens (tertiary/aromatic N) is 1. The third-order valence-electron chi connectivity index (χ3n) is 1.77. The van der Waals surface area contributed by atoms with Crippen LogP contribution in [0.5, 0.6) is 0 Å². The van der Waals surface area contributed by atoms with Crippen LogP contribution in [0.4, 0.5) is 13.2 Å². The molecule has 0 spiro atoms. The molecule has 0 rings (SSSR count). The van der Waals surface area contributed by atoms with Gasteiger partial charge in [0.1, 0.15) is 0 Å². The zero-order valence-electron chi connectivity index (χ0n) is 8.09. The standard InChI is InChI=1S/C8H16F3NO2/c1-12(4-5-13)6-7(14)2-3-8(9,10)11/h7,13-14H,2-6H2,1H3. The third kappa shape index (κ3) is 8.28. The molecule has 2 N–H and O–H groups in total. The van der Waals surface area contributed by atoms with Crippen LogP contribution < -0.4 is 0 Å². The van der Waals surface area contributed by atoms with Crippen LogP contribution in [-0.4, -0.2) is 54.1 Å². The van der Waals surface area contributed by atoms with E-state index in [1.54, 1.807) is 11.9 Å². The van der Waals surface area contributed by atoms with Crippen molar-refractivity contribution in [3.05, 3.63) is 0 Å². The fourth-order valence-corrected chi connectivity index (χ4v) is 1.04. The van der Waals surface area contributed by atoms with Crippen molar-refractivity contribution >= 4 is 0 Å². The van der Waals surface area contributed by atoms with Crippen LogP contribution in [0.3, 0.4) is 0 Å². The van der Waals surface area contributed by atoms with E-state index in [9.17, 15) is 18.3 Å². The summed E-state index contributed by atoms with van der Waals surface area (Å²) in [7, 11) is 1.63. The van der Waals surface area contributed by atoms with Crippen molar-refractivity contribution in [1.82, 2.24) is 4.90 Å². The quantitative estimate of drug-likeness (QED) is 0.682. The molecule has 6 heteroatoms. The van der Waals surface area contributed by atoms with Crippen LogP contribution in [0.2, 0.25) is 0 Å². The van der Waals surface area contributed by atoms with E-state index in [4.69, 9.17) is 5.11 Å². The maximum absolute atomic E-state index is 11.7. The lowest BCUT2D eigenvalue weighted by Gasteiger charge is -2.19. The van der Waals surface area contributed by atoms with Gasteiger partial charge in [-0.3, -0.25) is 0 Å². The maximum atomic E-state index is 11.7. The van der Waals surface area contributed by atoms with Gasteiger partial charge in [0.2, 0.25) is 0 Å². The first kappa shape index (κ1) is 13.7. The second-order valence-electron chi connectivity index (χ2n) is 3.29. The van der Waals surface area contributed by atoms with Crippen molar-refractivity contribution in [2.75, 3.05) is 26.7 Å². The molecular formula is C8H16F3NO2. The molecule has 0 saturated carbocycles. The Bertz CT molecular complexity index is 152. The summed E-state index contributed by atoms with van der Waals surface area (Å²) in [6.07, 6.45) is -6.47. The lowest BCUT2D eigenvalue weighted by Crippen LogP contribution is -2.32. The molecule has 0 radical (unpaired) electrons. The molecule has 1 unspecified atom stereocenters. The maximum Gasteiger partial charge on any atom is 0.389 e. The lowest BCUT2D eigenvalue weighted by atomic mass is 10.2. The molecular weight excluding hydrogens is 199 g/mol. The Hall–Kier alpha value is -0.330. The smallest absolute Gasteiger partial charge is 0.389 e. The zero-order chi connectivity index (χ0) is 11.2. The number of aliphatic hydroxyl groups excluding tert-OH is 2. The largest absolute Gasteiger partial charge is 0.395 e. The number of hydrogen-bond donors (Lipinski definition) is 2. The highest BCUT2D eigenvalue weighted by atomic mass is 19.4. The first-order valence-electron chi connectivity index (χ1n) is 4.39. The van der Waals surface area contributed by atoms with Crippen molar-refractivity contribution in [3.8, 4) is 0 Å². The number of rotatable bonds is 6. The Balaban J connectivity index is 3.59. The zero-order valence-corrected chi connectivity index (χ0v) is 8.09. The van der Waals surface area contributed by atoms with E-state index < -0.39 is 18.7 Å². The van der Waals surface area contributed by atoms with Crippen LogP contribution in [-0.2, 0) is 0 Å². The Labute approximate surface area is 81.1 Å². The van der Waals surface area contributed by atoms with Gasteiger partial charge in [0, 0.05) is 19.5 Å². The van der Waals surface area contributed by atoms with Gasteiger partial charge in [-0.15, -0.1) is 0 Å². The summed E-state index contributed by atoms with van der Waals surface area (Å²) in [5, 5.41) is 17.7. The first-order valence-corrected chi connectivity index (χ1v) is 4.39. The molecule has 0 fully saturated rings. The van der Waals surface area contributed by atoms with Gasteiger partial charge in [0.15, 0.2) is 0 Å². The fraction of sp³-hybridized carbons (Fsp3) is 1.00. The monoisotopic (exact) mass is 215 g/mol. The second kappa shape index (κ2) is 6.21. The molecule has 0 aliphatic heterocycles. The predicted octanol–water partition coefficient (Wildman–Crippen LogP) is 0.614. The summed E-state index contributed by atoms with van der Waals surface area (Å²) in [4.78, 5) is 1.58. The van der Waals surface area contributed by atoms with Crippen LogP contribution in [0, 0.1) is 0 Å². The van der Waals surface area contributed by atoms with E-state index >= 15 is 0 Å². The summed E-state index contributed by atoms with van der Waals surface area (Å²) in [5.74, 6) is 0. The van der Waals surface area contributed by atoms with Crippen molar-refractivity contribution < 1.29 is 23.4 Å². The Morgan fingerprint density at radius 1 is 1.36 bits per heavy atom. The molecule has 0 amide bonds. The number of halogens is 3. The lowest BCUT2D eigenvalue weighted by molar-refractivity contribution is -0.140. The Morgan fingerprint density at radius 3 is 2.36 bits per heavy atom. The molecule has 0 aromatic rings. The average Bonchev–Trinajstić information content (AvgIpc) is 2.00. The molecule has 0 bridgehead atoms. The third-order valence-corrected chi connectivity index (χ3v) is 1.77. The minimum absolute atomic E-state index is 0.0670. The predicted molar refractivity (Wildman–Crippen MR) is 45.9 cm³/mol. The highest BCUT2D eigenvalue weighted by molar-refractivity contribution is 4.63. The van der Waals surface area contributed by atoms with E-state index in [1.807, 2.05) is 0 Å². The molecule has 0 saturated heterocycles. The van der Waals surface area contributed by atoms with Crippen LogP contribution in [0.15, 0.2) is 0 Å². The van der Waals surface area contributed by atoms with Crippen molar-refractivity contribution in [3.63, 3.8) is 0 Å². The Kier molecular flexibility index (Phi) is 6.06. The number of alkyl halides is 3. The van der Waals surface area contributed by atoms with Gasteiger partial charge in [-0.25, -0.2) is 0 Å². The van der Waals surface area contributed by atoms with Gasteiger partial charge in [-0.05, 0) is 13.5 Å². The highest BCUT2D eigenvalue weighted by Crippen LogP contribution is 2.22. The van der Waals surface area contributed by atoms with Crippen LogP contribution >= 0.6 is 0 Å². The minimum atomic E-state index is -4.21. The number of aliphatic hydroxyl groups is 2. The van der Waals surface area contributed by atoms with Crippen LogP contribution in [0.1, 0.15) is 12.8 Å². The fourth-order valence-electron chi connectivity index (χ4n) is 1.04. The van der Waals surface area contributed by atoms with Gasteiger partial charge in [0.05, 0.1) is 12.7 Å². The molecule has 0 aliphatic rings. The molecule has 0 aromatic carbocycles. The topological polar surface area (TPSA) is 43.7 Å². The molecule has 0 aliphatic carbocycles. The van der Waals surface area contributed by atoms with E-state index in [1.165, 1.54) is 0 Å². The van der Waals surface area contributed by atoms with Gasteiger partial charge in [-0.2, -0.15) is 13.2 Å². The van der Waals surface area contributed by atoms with Crippen LogP contribution in [0.25, 0.3) is 0 Å². The van der Waals surface area contributed by atoms with Crippen molar-refractivity contribution in [1.29, 1.82) is 0 Å². The number of likely N-dealkylation sites (N-methyl/N-ethyl adjacent to an activating group) is 1. The molecule has 0 aromatic heterocycles. The van der Waals surface area contributed by atoms with Crippen molar-refractivity contribution in [2.24, 2.45) is 0 Å². The van der Waals surface area contributed by atoms with Crippen molar-refractivity contribution in [2.45, 2.75) is 25.1 Å². The van der Waals surface area contributed by atoms with E-state index in [0.717, 1.165) is 0 Å². The van der Waals surface area contributed by atoms with Gasteiger partial charge in [-0.1, -0.05) is 0 Å². The molecule has 1 atom stereocenters. The first-order chi connectivity index (χ1) is 6.35. The Morgan fingerprint density at radius 2 is 1.93 bits per heavy atom. The summed E-state index contributed by atoms with van der Waals surface area (Å²) in [6.45, 7) is 0.433. The van der Waals surface area contributed by atoms with Gasteiger partial charge < -0.3 is 15.1 Å². The van der Waals surface area contributed by atoms with E-state index in [0.29, 0.717) is 6.54 Å². The normalized spacial score (nSPS) is 14.8.